The van der Waals surface area contributed by atoms with Crippen molar-refractivity contribution in [2.75, 3.05) is 32.8 Å². The first-order valence-corrected chi connectivity index (χ1v) is 8.14. The Kier molecular flexibility index (Phi) is 4.74. The van der Waals surface area contributed by atoms with Crippen LogP contribution in [-0.2, 0) is 4.74 Å². The van der Waals surface area contributed by atoms with Gasteiger partial charge in [-0.05, 0) is 39.2 Å². The van der Waals surface area contributed by atoms with Crippen LogP contribution < -0.4 is 10.6 Å². The Bertz CT molecular complexity index is 281. The van der Waals surface area contributed by atoms with Crippen molar-refractivity contribution in [3.05, 3.63) is 0 Å². The van der Waals surface area contributed by atoms with Crippen LogP contribution in [0.3, 0.4) is 0 Å². The lowest BCUT2D eigenvalue weighted by Gasteiger charge is -2.34. The first kappa shape index (κ1) is 13.8. The summed E-state index contributed by atoms with van der Waals surface area (Å²) in [4.78, 5) is 2.70. The van der Waals surface area contributed by atoms with Crippen LogP contribution in [0.25, 0.3) is 0 Å². The van der Waals surface area contributed by atoms with E-state index in [0.29, 0.717) is 12.1 Å². The fraction of sp³-hybridized carbons (Fsp3) is 1.00. The minimum absolute atomic E-state index is 0.542. The maximum absolute atomic E-state index is 5.54. The van der Waals surface area contributed by atoms with Crippen molar-refractivity contribution >= 4 is 0 Å². The molecule has 19 heavy (non-hydrogen) atoms. The van der Waals surface area contributed by atoms with Crippen molar-refractivity contribution < 1.29 is 4.74 Å². The van der Waals surface area contributed by atoms with E-state index in [9.17, 15) is 0 Å². The van der Waals surface area contributed by atoms with Crippen LogP contribution in [0.15, 0.2) is 0 Å². The molecule has 4 unspecified atom stereocenters. The van der Waals surface area contributed by atoms with Gasteiger partial charge in [-0.3, -0.25) is 4.90 Å². The summed E-state index contributed by atoms with van der Waals surface area (Å²) in [6, 6.07) is 2.66. The standard InChI is InChI=1S/C15H29N3O/c1-12(10-13-11-19-9-6-16-13)17-14-5-8-18-7-3-2-4-15(14)18/h12-17H,2-11H2,1H3. The molecule has 4 atom stereocenters. The smallest absolute Gasteiger partial charge is 0.0620 e. The molecule has 3 rings (SSSR count). The van der Waals surface area contributed by atoms with Crippen molar-refractivity contribution in [3.63, 3.8) is 0 Å². The molecule has 0 aromatic heterocycles. The number of nitrogens with one attached hydrogen (secondary N) is 2. The first-order chi connectivity index (χ1) is 9.33. The van der Waals surface area contributed by atoms with Crippen molar-refractivity contribution in [3.8, 4) is 0 Å². The maximum atomic E-state index is 5.54. The Morgan fingerprint density at radius 2 is 2.26 bits per heavy atom. The van der Waals surface area contributed by atoms with Gasteiger partial charge in [0, 0.05) is 37.3 Å². The molecule has 0 saturated carbocycles. The Balaban J connectivity index is 1.45. The highest BCUT2D eigenvalue weighted by molar-refractivity contribution is 4.95. The second-order valence-electron chi connectivity index (χ2n) is 6.52. The molecular formula is C15H29N3O. The van der Waals surface area contributed by atoms with Gasteiger partial charge in [-0.1, -0.05) is 6.42 Å². The molecule has 0 spiro atoms. The van der Waals surface area contributed by atoms with Crippen molar-refractivity contribution in [2.45, 2.75) is 63.2 Å². The molecule has 0 aliphatic carbocycles. The Morgan fingerprint density at radius 1 is 1.32 bits per heavy atom. The second kappa shape index (κ2) is 6.53. The zero-order valence-corrected chi connectivity index (χ0v) is 12.2. The van der Waals surface area contributed by atoms with E-state index in [1.165, 1.54) is 45.2 Å². The number of nitrogens with zero attached hydrogens (tertiary/aromatic N) is 1. The van der Waals surface area contributed by atoms with Gasteiger partial charge in [0.2, 0.25) is 0 Å². The van der Waals surface area contributed by atoms with Crippen LogP contribution in [0.1, 0.15) is 39.0 Å². The second-order valence-corrected chi connectivity index (χ2v) is 6.52. The summed E-state index contributed by atoms with van der Waals surface area (Å²) in [6.07, 6.45) is 6.75. The Labute approximate surface area is 117 Å². The largest absolute Gasteiger partial charge is 0.379 e. The van der Waals surface area contributed by atoms with E-state index in [-0.39, 0.29) is 0 Å². The van der Waals surface area contributed by atoms with E-state index in [4.69, 9.17) is 4.74 Å². The number of ether oxygens (including phenoxy) is 1. The monoisotopic (exact) mass is 267 g/mol. The number of morpholine rings is 1. The molecule has 3 fully saturated rings. The molecule has 3 saturated heterocycles. The van der Waals surface area contributed by atoms with Crippen LogP contribution in [0.2, 0.25) is 0 Å². The summed E-state index contributed by atoms with van der Waals surface area (Å²) in [6.45, 7) is 7.73. The number of fused-ring (bicyclic) bond motifs is 1. The normalized spacial score (nSPS) is 38.1. The molecule has 0 amide bonds. The molecule has 4 heteroatoms. The van der Waals surface area contributed by atoms with Crippen LogP contribution >= 0.6 is 0 Å². The van der Waals surface area contributed by atoms with Gasteiger partial charge in [0.1, 0.15) is 0 Å². The fourth-order valence-corrected chi connectivity index (χ4v) is 4.07. The molecule has 4 nitrogen and oxygen atoms in total. The average Bonchev–Trinajstić information content (AvgIpc) is 2.83. The van der Waals surface area contributed by atoms with Gasteiger partial charge in [0.15, 0.2) is 0 Å². The molecule has 2 N–H and O–H groups in total. The minimum atomic E-state index is 0.542. The lowest BCUT2D eigenvalue weighted by Crippen LogP contribution is -2.50. The highest BCUT2D eigenvalue weighted by atomic mass is 16.5. The highest BCUT2D eigenvalue weighted by Crippen LogP contribution is 2.27. The molecule has 3 aliphatic heterocycles. The summed E-state index contributed by atoms with van der Waals surface area (Å²) in [5, 5.41) is 7.44. The highest BCUT2D eigenvalue weighted by Gasteiger charge is 2.35. The van der Waals surface area contributed by atoms with Gasteiger partial charge in [-0.15, -0.1) is 0 Å². The molecule has 0 radical (unpaired) electrons. The molecule has 110 valence electrons. The van der Waals surface area contributed by atoms with Crippen molar-refractivity contribution in [2.24, 2.45) is 0 Å². The Hall–Kier alpha value is -0.160. The predicted octanol–water partition coefficient (Wildman–Crippen LogP) is 0.970. The molecular weight excluding hydrogens is 238 g/mol. The third-order valence-corrected chi connectivity index (χ3v) is 4.99. The number of rotatable bonds is 4. The predicted molar refractivity (Wildman–Crippen MR) is 77.4 cm³/mol. The third kappa shape index (κ3) is 3.48. The van der Waals surface area contributed by atoms with Crippen LogP contribution in [0.4, 0.5) is 0 Å². The van der Waals surface area contributed by atoms with E-state index in [1.54, 1.807) is 0 Å². The van der Waals surface area contributed by atoms with Gasteiger partial charge in [-0.25, -0.2) is 0 Å². The SMILES string of the molecule is CC(CC1COCCN1)NC1CCN2CCCCC12. The van der Waals surface area contributed by atoms with E-state index in [1.807, 2.05) is 0 Å². The summed E-state index contributed by atoms with van der Waals surface area (Å²) in [5.74, 6) is 0. The van der Waals surface area contributed by atoms with E-state index < -0.39 is 0 Å². The van der Waals surface area contributed by atoms with E-state index in [0.717, 1.165) is 31.8 Å². The molecule has 3 heterocycles. The Morgan fingerprint density at radius 3 is 3.11 bits per heavy atom. The maximum Gasteiger partial charge on any atom is 0.0620 e. The fourth-order valence-electron chi connectivity index (χ4n) is 4.07. The first-order valence-electron chi connectivity index (χ1n) is 8.14. The zero-order chi connectivity index (χ0) is 13.1. The summed E-state index contributed by atoms with van der Waals surface area (Å²) in [7, 11) is 0. The van der Waals surface area contributed by atoms with Crippen molar-refractivity contribution in [1.29, 1.82) is 0 Å². The molecule has 0 bridgehead atoms. The minimum Gasteiger partial charge on any atom is -0.379 e. The number of piperidine rings is 1. The van der Waals surface area contributed by atoms with Crippen LogP contribution in [0, 0.1) is 0 Å². The van der Waals surface area contributed by atoms with Gasteiger partial charge >= 0.3 is 0 Å². The molecule has 3 aliphatic rings. The average molecular weight is 267 g/mol. The molecule has 0 aromatic rings. The third-order valence-electron chi connectivity index (χ3n) is 4.99. The van der Waals surface area contributed by atoms with Crippen LogP contribution in [-0.4, -0.2) is 61.9 Å². The summed E-state index contributed by atoms with van der Waals surface area (Å²) < 4.78 is 5.54. The van der Waals surface area contributed by atoms with Gasteiger partial charge < -0.3 is 15.4 Å². The number of hydrogen-bond acceptors (Lipinski definition) is 4. The topological polar surface area (TPSA) is 36.5 Å². The van der Waals surface area contributed by atoms with Gasteiger partial charge in [0.25, 0.3) is 0 Å². The number of hydrogen-bond donors (Lipinski definition) is 2. The van der Waals surface area contributed by atoms with Crippen molar-refractivity contribution in [1.82, 2.24) is 15.5 Å². The zero-order valence-electron chi connectivity index (χ0n) is 12.2. The van der Waals surface area contributed by atoms with E-state index >= 15 is 0 Å². The lowest BCUT2D eigenvalue weighted by molar-refractivity contribution is 0.0702. The van der Waals surface area contributed by atoms with E-state index in [2.05, 4.69) is 22.5 Å². The van der Waals surface area contributed by atoms with Gasteiger partial charge in [-0.2, -0.15) is 0 Å². The summed E-state index contributed by atoms with van der Waals surface area (Å²) in [5.41, 5.74) is 0. The van der Waals surface area contributed by atoms with Crippen LogP contribution in [0.5, 0.6) is 0 Å². The quantitative estimate of drug-likeness (QED) is 0.796. The lowest BCUT2D eigenvalue weighted by atomic mass is 9.97. The molecule has 0 aromatic carbocycles. The van der Waals surface area contributed by atoms with Gasteiger partial charge in [0.05, 0.1) is 13.2 Å². The summed E-state index contributed by atoms with van der Waals surface area (Å²) >= 11 is 0.